The Hall–Kier alpha value is -7.32. The molecule has 0 fully saturated rings. The fourth-order valence-electron chi connectivity index (χ4n) is 5.33. The molecule has 466 valence electrons. The molecular weight excluding hydrogens is 1020 g/mol. The molecular formula is C76H122N8. The molecule has 6 aromatic heterocycles. The topological polar surface area (TPSA) is 103 Å². The van der Waals surface area contributed by atoms with E-state index in [-0.39, 0.29) is 0 Å². The zero-order chi connectivity index (χ0) is 66.4. The Morgan fingerprint density at radius 2 is 0.512 bits per heavy atom. The highest BCUT2D eigenvalue weighted by Crippen LogP contribution is 2.20. The number of benzene rings is 3. The van der Waals surface area contributed by atoms with E-state index in [9.17, 15) is 0 Å². The minimum absolute atomic E-state index is 1.06. The number of hydrogen-bond acceptors (Lipinski definition) is 8. The van der Waals surface area contributed by atoms with E-state index < -0.39 is 0 Å². The fraction of sp³-hybridized carbons (Fsp3) is 0.421. The van der Waals surface area contributed by atoms with Crippen LogP contribution in [0.5, 0.6) is 0 Å². The first-order valence-electron chi connectivity index (χ1n) is 30.9. The van der Waals surface area contributed by atoms with Gasteiger partial charge in [-0.3, -0.25) is 19.9 Å². The third-order valence-corrected chi connectivity index (χ3v) is 11.4. The molecule has 0 radical (unpaired) electrons. The van der Waals surface area contributed by atoms with Crippen molar-refractivity contribution in [3.63, 3.8) is 0 Å². The van der Waals surface area contributed by atoms with E-state index in [0.717, 1.165) is 33.9 Å². The number of hydrogen-bond donors (Lipinski definition) is 0. The van der Waals surface area contributed by atoms with Gasteiger partial charge in [-0.15, -0.1) is 0 Å². The van der Waals surface area contributed by atoms with Crippen LogP contribution in [0.4, 0.5) is 0 Å². The average molecular weight is 1150 g/mol. The molecule has 84 heavy (non-hydrogen) atoms. The second kappa shape index (κ2) is 64.8. The van der Waals surface area contributed by atoms with Crippen LogP contribution in [0.25, 0.3) is 10.8 Å². The van der Waals surface area contributed by atoms with E-state index in [0.29, 0.717) is 0 Å². The van der Waals surface area contributed by atoms with Crippen LogP contribution in [0, 0.1) is 111 Å². The Balaban J connectivity index is -0.000000156. The van der Waals surface area contributed by atoms with Gasteiger partial charge in [-0.05, 0) is 213 Å². The second-order valence-corrected chi connectivity index (χ2v) is 16.6. The summed E-state index contributed by atoms with van der Waals surface area (Å²) >= 11 is 0. The lowest BCUT2D eigenvalue weighted by Gasteiger charge is -2.04. The lowest BCUT2D eigenvalue weighted by Crippen LogP contribution is -1.85. The zero-order valence-electron chi connectivity index (χ0n) is 59.6. The molecule has 0 atom stereocenters. The van der Waals surface area contributed by atoms with Crippen LogP contribution in [0.2, 0.25) is 0 Å². The fourth-order valence-corrected chi connectivity index (χ4v) is 5.33. The summed E-state index contributed by atoms with van der Waals surface area (Å²) in [6.07, 6.45) is 17.7. The summed E-state index contributed by atoms with van der Waals surface area (Å²) in [7, 11) is 0. The van der Waals surface area contributed by atoms with Gasteiger partial charge in [-0.2, -0.15) is 0 Å². The van der Waals surface area contributed by atoms with Gasteiger partial charge in [0, 0.05) is 72.4 Å². The van der Waals surface area contributed by atoms with Crippen molar-refractivity contribution >= 4 is 10.8 Å². The second-order valence-electron chi connectivity index (χ2n) is 16.6. The van der Waals surface area contributed by atoms with Crippen LogP contribution >= 0.6 is 0 Å². The van der Waals surface area contributed by atoms with Gasteiger partial charge in [0.25, 0.3) is 0 Å². The number of aryl methyl sites for hydroxylation is 16. The van der Waals surface area contributed by atoms with E-state index in [1.54, 1.807) is 12.7 Å². The van der Waals surface area contributed by atoms with Crippen LogP contribution in [0.3, 0.4) is 0 Å². The predicted molar refractivity (Wildman–Crippen MR) is 378 cm³/mol. The van der Waals surface area contributed by atoms with Gasteiger partial charge in [0.05, 0.1) is 0 Å². The van der Waals surface area contributed by atoms with E-state index >= 15 is 0 Å². The van der Waals surface area contributed by atoms with Crippen molar-refractivity contribution in [1.29, 1.82) is 0 Å². The Morgan fingerprint density at radius 3 is 0.762 bits per heavy atom. The van der Waals surface area contributed by atoms with Crippen molar-refractivity contribution in [2.24, 2.45) is 0 Å². The molecule has 9 rings (SSSR count). The molecule has 0 spiro atoms. The van der Waals surface area contributed by atoms with E-state index in [4.69, 9.17) is 0 Å². The summed E-state index contributed by atoms with van der Waals surface area (Å²) in [6, 6.07) is 33.2. The molecule has 6 heterocycles. The standard InChI is InChI=1S/C12H12.C8H10.4C7H9N.2C6H8N2.8C2H6/c1-9-7-8-11-5-3-4-6-12(11)10(9)2;1-7-5-3-4-6-8(7)2;2*1-6-3-4-8-5-7(6)2;2*1-6-4-3-5-8-7(6)2;2*1-5-3-7-4-8-6(5)2;8*1-2/h3-8H,1-2H3;3-6H,1-2H3;4*3-5H,1-2H3;2*3-4H,1-2H3;8*1-2H3. The summed E-state index contributed by atoms with van der Waals surface area (Å²) in [6.45, 7) is 64.9. The molecule has 8 heteroatoms. The highest BCUT2D eigenvalue weighted by molar-refractivity contribution is 5.86. The summed E-state index contributed by atoms with van der Waals surface area (Å²) in [5.74, 6) is 0. The molecule has 0 saturated heterocycles. The van der Waals surface area contributed by atoms with Crippen LogP contribution in [-0.2, 0) is 0 Å². The van der Waals surface area contributed by atoms with Crippen molar-refractivity contribution in [2.75, 3.05) is 0 Å². The molecule has 9 aromatic rings. The van der Waals surface area contributed by atoms with E-state index in [1.807, 2.05) is 226 Å². The van der Waals surface area contributed by atoms with Crippen LogP contribution < -0.4 is 0 Å². The maximum atomic E-state index is 4.08. The van der Waals surface area contributed by atoms with Crippen LogP contribution in [-0.4, -0.2) is 39.9 Å². The predicted octanol–water partition coefficient (Wildman–Crippen LogP) is 23.0. The summed E-state index contributed by atoms with van der Waals surface area (Å²) in [5, 5.41) is 2.71. The van der Waals surface area contributed by atoms with Gasteiger partial charge in [0.15, 0.2) is 0 Å². The minimum atomic E-state index is 1.06. The summed E-state index contributed by atoms with van der Waals surface area (Å²) in [4.78, 5) is 31.7. The van der Waals surface area contributed by atoms with E-state index in [1.165, 1.54) is 66.4 Å². The van der Waals surface area contributed by atoms with Gasteiger partial charge < -0.3 is 0 Å². The molecule has 0 amide bonds. The lowest BCUT2D eigenvalue weighted by molar-refractivity contribution is 1.06. The zero-order valence-corrected chi connectivity index (χ0v) is 59.6. The SMILES string of the molecule is CC.CC.CC.CC.CC.CC.CC.CC.Cc1ccc2ccccc2c1C.Cc1ccccc1C.Cc1cccnc1C.Cc1cccnc1C.Cc1ccncc1C.Cc1ccncc1C.Cc1cncnc1C.Cc1cncnc1C. The van der Waals surface area contributed by atoms with Crippen molar-refractivity contribution in [3.8, 4) is 0 Å². The summed E-state index contributed by atoms with van der Waals surface area (Å²) in [5.41, 5.74) is 19.8. The first-order chi connectivity index (χ1) is 40.4. The van der Waals surface area contributed by atoms with Gasteiger partial charge in [0.2, 0.25) is 0 Å². The quantitative estimate of drug-likeness (QED) is 0.148. The Labute approximate surface area is 518 Å². The first kappa shape index (κ1) is 90.5. The highest BCUT2D eigenvalue weighted by atomic mass is 14.8. The normalized spacial score (nSPS) is 8.24. The smallest absolute Gasteiger partial charge is 0.115 e. The van der Waals surface area contributed by atoms with Gasteiger partial charge in [0.1, 0.15) is 12.7 Å². The maximum Gasteiger partial charge on any atom is 0.115 e. The monoisotopic (exact) mass is 1150 g/mol. The highest BCUT2D eigenvalue weighted by Gasteiger charge is 1.98. The Bertz CT molecular complexity index is 2260. The van der Waals surface area contributed by atoms with E-state index in [2.05, 4.69) is 182 Å². The Kier molecular flexibility index (Phi) is 69.8. The van der Waals surface area contributed by atoms with Crippen molar-refractivity contribution in [1.82, 2.24) is 39.9 Å². The van der Waals surface area contributed by atoms with Crippen molar-refractivity contribution < 1.29 is 0 Å². The van der Waals surface area contributed by atoms with Crippen LogP contribution in [0.15, 0.2) is 159 Å². The molecule has 0 aliphatic carbocycles. The number of nitrogens with zero attached hydrogens (tertiary/aromatic N) is 8. The molecule has 0 saturated carbocycles. The molecule has 3 aromatic carbocycles. The lowest BCUT2D eigenvalue weighted by atomic mass is 10.0. The van der Waals surface area contributed by atoms with Crippen molar-refractivity contribution in [3.05, 3.63) is 249 Å². The third kappa shape index (κ3) is 46.2. The molecule has 0 aliphatic rings. The molecule has 8 nitrogen and oxygen atoms in total. The number of aromatic nitrogens is 8. The summed E-state index contributed by atoms with van der Waals surface area (Å²) < 4.78 is 0. The largest absolute Gasteiger partial charge is 0.264 e. The minimum Gasteiger partial charge on any atom is -0.264 e. The number of rotatable bonds is 0. The van der Waals surface area contributed by atoms with Gasteiger partial charge in [-0.1, -0.05) is 184 Å². The van der Waals surface area contributed by atoms with Crippen LogP contribution in [0.1, 0.15) is 200 Å². The number of pyridine rings is 4. The third-order valence-electron chi connectivity index (χ3n) is 11.4. The van der Waals surface area contributed by atoms with Crippen molar-refractivity contribution in [2.45, 2.75) is 222 Å². The molecule has 0 unspecified atom stereocenters. The van der Waals surface area contributed by atoms with Gasteiger partial charge in [-0.25, -0.2) is 19.9 Å². The number of fused-ring (bicyclic) bond motifs is 1. The van der Waals surface area contributed by atoms with Gasteiger partial charge >= 0.3 is 0 Å². The Morgan fingerprint density at radius 1 is 0.214 bits per heavy atom. The average Bonchev–Trinajstić information content (AvgIpc) is 3.56. The first-order valence-corrected chi connectivity index (χ1v) is 30.9. The molecule has 0 N–H and O–H groups in total. The molecule has 0 aliphatic heterocycles. The molecule has 0 bridgehead atoms. The maximum absolute atomic E-state index is 4.08.